The normalized spacial score (nSPS) is 11.8. The van der Waals surface area contributed by atoms with Crippen LogP contribution in [0.25, 0.3) is 0 Å². The van der Waals surface area contributed by atoms with Crippen LogP contribution in [-0.4, -0.2) is 18.1 Å². The van der Waals surface area contributed by atoms with Gasteiger partial charge in [-0.05, 0) is 0 Å². The third-order valence-electron chi connectivity index (χ3n) is 2.15. The lowest BCUT2D eigenvalue weighted by Crippen LogP contribution is -2.16. The van der Waals surface area contributed by atoms with Gasteiger partial charge in [-0.15, -0.1) is 0 Å². The van der Waals surface area contributed by atoms with Crippen molar-refractivity contribution in [1.29, 1.82) is 0 Å². The van der Waals surface area contributed by atoms with Crippen LogP contribution in [0.5, 0.6) is 0 Å². The second-order valence-electron chi connectivity index (χ2n) is 3.40. The second kappa shape index (κ2) is 5.45. The molecule has 1 heterocycles. The topological polar surface area (TPSA) is 39.2 Å². The zero-order valence-corrected chi connectivity index (χ0v) is 9.39. The largest absolute Gasteiger partial charge is 0.469 e. The van der Waals surface area contributed by atoms with E-state index < -0.39 is 47.8 Å². The van der Waals surface area contributed by atoms with Crippen molar-refractivity contribution in [2.75, 3.05) is 7.11 Å². The monoisotopic (exact) mass is 287 g/mol. The van der Waals surface area contributed by atoms with Gasteiger partial charge in [-0.2, -0.15) is 13.2 Å². The van der Waals surface area contributed by atoms with Gasteiger partial charge in [0.2, 0.25) is 0 Å². The highest BCUT2D eigenvalue weighted by atomic mass is 19.4. The van der Waals surface area contributed by atoms with Gasteiger partial charge in [-0.25, -0.2) is 18.2 Å². The number of methoxy groups -OCH3 is 1. The number of aromatic nitrogens is 1. The van der Waals surface area contributed by atoms with Crippen LogP contribution in [0.1, 0.15) is 23.4 Å². The fourth-order valence-electron chi connectivity index (χ4n) is 1.28. The highest BCUT2D eigenvalue weighted by Crippen LogP contribution is 2.32. The first kappa shape index (κ1) is 15.3. The number of esters is 1. The molecule has 0 N–H and O–H groups in total. The van der Waals surface area contributed by atoms with Crippen molar-refractivity contribution in [2.45, 2.75) is 19.0 Å². The Labute approximate surface area is 103 Å². The molecule has 19 heavy (non-hydrogen) atoms. The molecule has 1 aromatic heterocycles. The van der Waals surface area contributed by atoms with Crippen LogP contribution >= 0.6 is 0 Å². The summed E-state index contributed by atoms with van der Waals surface area (Å²) < 4.78 is 79.6. The van der Waals surface area contributed by atoms with Gasteiger partial charge in [-0.1, -0.05) is 0 Å². The van der Waals surface area contributed by atoms with E-state index in [0.717, 1.165) is 7.11 Å². The third kappa shape index (κ3) is 3.58. The number of alkyl halides is 5. The molecule has 3 nitrogen and oxygen atoms in total. The lowest BCUT2D eigenvalue weighted by Gasteiger charge is -2.12. The van der Waals surface area contributed by atoms with Gasteiger partial charge < -0.3 is 4.74 Å². The van der Waals surface area contributed by atoms with Crippen LogP contribution in [0, 0.1) is 5.82 Å². The molecule has 0 unspecified atom stereocenters. The summed E-state index contributed by atoms with van der Waals surface area (Å²) in [6, 6.07) is -0.0375. The van der Waals surface area contributed by atoms with Crippen LogP contribution in [0.3, 0.4) is 0 Å². The highest BCUT2D eigenvalue weighted by Gasteiger charge is 2.35. The van der Waals surface area contributed by atoms with E-state index >= 15 is 0 Å². The standard InChI is InChI=1S/C10H7F6NO2/c1-19-7(18)2-4-5(11)3-6(10(14,15)16)17-8(4)9(12)13/h3,9H,2H2,1H3. The molecule has 0 bridgehead atoms. The van der Waals surface area contributed by atoms with Crippen molar-refractivity contribution in [2.24, 2.45) is 0 Å². The Balaban J connectivity index is 3.35. The molecule has 106 valence electrons. The van der Waals surface area contributed by atoms with Crippen LogP contribution in [0.15, 0.2) is 6.07 Å². The van der Waals surface area contributed by atoms with Gasteiger partial charge in [0.15, 0.2) is 0 Å². The molecule has 9 heteroatoms. The van der Waals surface area contributed by atoms with Crippen molar-refractivity contribution in [1.82, 2.24) is 4.98 Å². The van der Waals surface area contributed by atoms with Gasteiger partial charge in [0.05, 0.1) is 13.5 Å². The molecular weight excluding hydrogens is 280 g/mol. The molecule has 0 spiro atoms. The van der Waals surface area contributed by atoms with Gasteiger partial charge in [-0.3, -0.25) is 4.79 Å². The molecule has 1 aromatic rings. The minimum absolute atomic E-state index is 0.0375. The van der Waals surface area contributed by atoms with Crippen molar-refractivity contribution >= 4 is 5.97 Å². The Hall–Kier alpha value is -1.80. The number of halogens is 6. The van der Waals surface area contributed by atoms with Crippen molar-refractivity contribution < 1.29 is 35.9 Å². The summed E-state index contributed by atoms with van der Waals surface area (Å²) >= 11 is 0. The van der Waals surface area contributed by atoms with E-state index in [4.69, 9.17) is 0 Å². The van der Waals surface area contributed by atoms with Crippen LogP contribution in [0.4, 0.5) is 26.3 Å². The summed E-state index contributed by atoms with van der Waals surface area (Å²) in [5.41, 5.74) is -4.11. The van der Waals surface area contributed by atoms with E-state index in [1.807, 2.05) is 0 Å². The van der Waals surface area contributed by atoms with E-state index in [9.17, 15) is 31.1 Å². The number of nitrogens with zero attached hydrogens (tertiary/aromatic N) is 1. The van der Waals surface area contributed by atoms with Crippen molar-refractivity contribution in [3.63, 3.8) is 0 Å². The number of carbonyl (C=O) groups excluding carboxylic acids is 1. The predicted molar refractivity (Wildman–Crippen MR) is 49.9 cm³/mol. The molecule has 0 aliphatic rings. The Morgan fingerprint density at radius 3 is 2.42 bits per heavy atom. The molecule has 0 saturated heterocycles. The molecule has 0 aliphatic carbocycles. The Morgan fingerprint density at radius 2 is 2.00 bits per heavy atom. The quantitative estimate of drug-likeness (QED) is 0.634. The summed E-state index contributed by atoms with van der Waals surface area (Å²) in [6.45, 7) is 0. The number of carbonyl (C=O) groups is 1. The predicted octanol–water partition coefficient (Wildman–Crippen LogP) is 2.89. The minimum Gasteiger partial charge on any atom is -0.469 e. The zero-order chi connectivity index (χ0) is 14.8. The smallest absolute Gasteiger partial charge is 0.433 e. The number of rotatable bonds is 3. The summed E-state index contributed by atoms with van der Waals surface area (Å²) in [4.78, 5) is 13.6. The number of hydrogen-bond acceptors (Lipinski definition) is 3. The highest BCUT2D eigenvalue weighted by molar-refractivity contribution is 5.72. The molecule has 1 rings (SSSR count). The lowest BCUT2D eigenvalue weighted by atomic mass is 10.1. The van der Waals surface area contributed by atoms with E-state index in [0.29, 0.717) is 0 Å². The average molecular weight is 287 g/mol. The average Bonchev–Trinajstić information content (AvgIpc) is 2.29. The summed E-state index contributed by atoms with van der Waals surface area (Å²) in [5.74, 6) is -2.65. The molecule has 0 radical (unpaired) electrons. The molecule has 0 aliphatic heterocycles. The van der Waals surface area contributed by atoms with Crippen LogP contribution < -0.4 is 0 Å². The van der Waals surface area contributed by atoms with Gasteiger partial charge in [0.25, 0.3) is 6.43 Å². The zero-order valence-electron chi connectivity index (χ0n) is 9.39. The first-order valence-corrected chi connectivity index (χ1v) is 4.78. The van der Waals surface area contributed by atoms with Crippen molar-refractivity contribution in [3.05, 3.63) is 28.8 Å². The summed E-state index contributed by atoms with van der Waals surface area (Å²) in [6.07, 6.45) is -9.43. The first-order valence-electron chi connectivity index (χ1n) is 4.78. The minimum atomic E-state index is -5.06. The molecule has 0 aromatic carbocycles. The number of hydrogen-bond donors (Lipinski definition) is 0. The van der Waals surface area contributed by atoms with E-state index in [1.165, 1.54) is 0 Å². The van der Waals surface area contributed by atoms with Gasteiger partial charge in [0.1, 0.15) is 17.2 Å². The third-order valence-corrected chi connectivity index (χ3v) is 2.15. The molecule has 0 fully saturated rings. The number of pyridine rings is 1. The van der Waals surface area contributed by atoms with E-state index in [-0.39, 0.29) is 6.07 Å². The maximum Gasteiger partial charge on any atom is 0.433 e. The summed E-state index contributed by atoms with van der Waals surface area (Å²) in [5, 5.41) is 0. The van der Waals surface area contributed by atoms with Crippen molar-refractivity contribution in [3.8, 4) is 0 Å². The Bertz CT molecular complexity index is 486. The fourth-order valence-corrected chi connectivity index (χ4v) is 1.28. The van der Waals surface area contributed by atoms with Crippen LogP contribution in [0.2, 0.25) is 0 Å². The second-order valence-corrected chi connectivity index (χ2v) is 3.40. The van der Waals surface area contributed by atoms with Gasteiger partial charge in [0, 0.05) is 11.6 Å². The SMILES string of the molecule is COC(=O)Cc1c(F)cc(C(F)(F)F)nc1C(F)F. The number of ether oxygens (including phenoxy) is 1. The van der Waals surface area contributed by atoms with E-state index in [2.05, 4.69) is 9.72 Å². The maximum absolute atomic E-state index is 13.4. The first-order chi connectivity index (χ1) is 8.66. The fraction of sp³-hybridized carbons (Fsp3) is 0.400. The van der Waals surface area contributed by atoms with E-state index in [1.54, 1.807) is 0 Å². The molecule has 0 atom stereocenters. The van der Waals surface area contributed by atoms with Crippen LogP contribution in [-0.2, 0) is 22.1 Å². The van der Waals surface area contributed by atoms with Gasteiger partial charge >= 0.3 is 12.1 Å². The Kier molecular flexibility index (Phi) is 4.38. The molecule has 0 amide bonds. The maximum atomic E-state index is 13.4. The Morgan fingerprint density at radius 1 is 1.42 bits per heavy atom. The molecule has 0 saturated carbocycles. The summed E-state index contributed by atoms with van der Waals surface area (Å²) in [7, 11) is 0.930. The molecular formula is C10H7F6NO2. The lowest BCUT2D eigenvalue weighted by molar-refractivity contribution is -0.141.